The van der Waals surface area contributed by atoms with E-state index >= 15 is 0 Å². The van der Waals surface area contributed by atoms with Gasteiger partial charge in [-0.25, -0.2) is 9.97 Å². The molecule has 168 valence electrons. The van der Waals surface area contributed by atoms with E-state index in [9.17, 15) is 0 Å². The number of imidazole rings is 1. The zero-order chi connectivity index (χ0) is 22.9. The predicted molar refractivity (Wildman–Crippen MR) is 132 cm³/mol. The average molecular weight is 526 g/mol. The first-order chi connectivity index (χ1) is 16.1. The third kappa shape index (κ3) is 4.06. The van der Waals surface area contributed by atoms with Gasteiger partial charge < -0.3 is 4.57 Å². The number of nitrogens with zero attached hydrogens (tertiary/aromatic N) is 7. The summed E-state index contributed by atoms with van der Waals surface area (Å²) in [6, 6.07) is 11.9. The quantitative estimate of drug-likeness (QED) is 0.302. The van der Waals surface area contributed by atoms with E-state index in [1.807, 2.05) is 41.1 Å². The van der Waals surface area contributed by atoms with Gasteiger partial charge in [-0.1, -0.05) is 31.0 Å². The number of fused-ring (bicyclic) bond motifs is 1. The van der Waals surface area contributed by atoms with Gasteiger partial charge >= 0.3 is 0 Å². The van der Waals surface area contributed by atoms with Crippen LogP contribution >= 0.6 is 27.5 Å². The Morgan fingerprint density at radius 3 is 2.79 bits per heavy atom. The van der Waals surface area contributed by atoms with Crippen molar-refractivity contribution >= 4 is 38.7 Å². The summed E-state index contributed by atoms with van der Waals surface area (Å²) in [6.07, 6.45) is 4.97. The Hall–Kier alpha value is -3.04. The van der Waals surface area contributed by atoms with E-state index in [1.54, 1.807) is 0 Å². The SMILES string of the molecule is CCCCc1nc2c(C)ccnc2n1Cc1ccc(-n2c(Br)ccc2-c2nn[nH]n2)c(Cl)c1. The van der Waals surface area contributed by atoms with Crippen LogP contribution in [0, 0.1) is 6.92 Å². The molecule has 0 aliphatic carbocycles. The largest absolute Gasteiger partial charge is 0.308 e. The van der Waals surface area contributed by atoms with Crippen molar-refractivity contribution in [3.63, 3.8) is 0 Å². The minimum Gasteiger partial charge on any atom is -0.308 e. The molecule has 5 aromatic rings. The van der Waals surface area contributed by atoms with Crippen LogP contribution in [-0.2, 0) is 13.0 Å². The molecule has 0 unspecified atom stereocenters. The molecule has 4 heterocycles. The van der Waals surface area contributed by atoms with E-state index in [0.717, 1.165) is 63.4 Å². The summed E-state index contributed by atoms with van der Waals surface area (Å²) in [7, 11) is 0. The van der Waals surface area contributed by atoms with Crippen LogP contribution in [0.2, 0.25) is 5.02 Å². The first kappa shape index (κ1) is 21.8. The van der Waals surface area contributed by atoms with Gasteiger partial charge in [0, 0.05) is 12.6 Å². The van der Waals surface area contributed by atoms with Crippen LogP contribution in [0.25, 0.3) is 28.4 Å². The van der Waals surface area contributed by atoms with Crippen molar-refractivity contribution in [2.24, 2.45) is 0 Å². The van der Waals surface area contributed by atoms with E-state index in [-0.39, 0.29) is 0 Å². The highest BCUT2D eigenvalue weighted by Gasteiger charge is 2.18. The molecule has 0 radical (unpaired) electrons. The van der Waals surface area contributed by atoms with Gasteiger partial charge in [0.2, 0.25) is 5.82 Å². The fraction of sp³-hybridized carbons (Fsp3) is 0.261. The molecule has 10 heteroatoms. The van der Waals surface area contributed by atoms with E-state index in [4.69, 9.17) is 16.6 Å². The number of H-pyrrole nitrogens is 1. The number of tetrazole rings is 1. The van der Waals surface area contributed by atoms with Crippen molar-refractivity contribution in [1.29, 1.82) is 0 Å². The Kier molecular flexibility index (Phi) is 5.99. The first-order valence-corrected chi connectivity index (χ1v) is 11.9. The molecule has 5 rings (SSSR count). The summed E-state index contributed by atoms with van der Waals surface area (Å²) < 4.78 is 5.01. The molecular formula is C23H22BrClN8. The van der Waals surface area contributed by atoms with Gasteiger partial charge in [0.05, 0.1) is 27.6 Å². The number of aromatic amines is 1. The third-order valence-corrected chi connectivity index (χ3v) is 6.59. The summed E-state index contributed by atoms with van der Waals surface area (Å²) in [4.78, 5) is 9.55. The second-order valence-electron chi connectivity index (χ2n) is 7.92. The summed E-state index contributed by atoms with van der Waals surface area (Å²) in [5.74, 6) is 1.55. The zero-order valence-corrected chi connectivity index (χ0v) is 20.6. The lowest BCUT2D eigenvalue weighted by molar-refractivity contribution is 0.686. The van der Waals surface area contributed by atoms with Gasteiger partial charge in [-0.3, -0.25) is 4.57 Å². The molecule has 1 aromatic carbocycles. The Labute approximate surface area is 204 Å². The molecule has 0 fully saturated rings. The van der Waals surface area contributed by atoms with Crippen LogP contribution in [-0.4, -0.2) is 39.7 Å². The van der Waals surface area contributed by atoms with Crippen molar-refractivity contribution in [2.45, 2.75) is 39.7 Å². The molecule has 0 amide bonds. The lowest BCUT2D eigenvalue weighted by Crippen LogP contribution is -2.07. The second-order valence-corrected chi connectivity index (χ2v) is 9.14. The molecule has 4 aromatic heterocycles. The van der Waals surface area contributed by atoms with Crippen molar-refractivity contribution in [1.82, 2.24) is 39.7 Å². The molecule has 1 N–H and O–H groups in total. The van der Waals surface area contributed by atoms with Crippen LogP contribution < -0.4 is 0 Å². The molecule has 8 nitrogen and oxygen atoms in total. The predicted octanol–water partition coefficient (Wildman–Crippen LogP) is 5.52. The Balaban J connectivity index is 1.53. The molecule has 0 spiro atoms. The summed E-state index contributed by atoms with van der Waals surface area (Å²) in [5, 5.41) is 15.0. The van der Waals surface area contributed by atoms with Crippen molar-refractivity contribution < 1.29 is 0 Å². The van der Waals surface area contributed by atoms with E-state index in [1.165, 1.54) is 0 Å². The van der Waals surface area contributed by atoms with Crippen LogP contribution in [0.4, 0.5) is 0 Å². The number of aromatic nitrogens is 8. The van der Waals surface area contributed by atoms with Crippen LogP contribution in [0.1, 0.15) is 36.7 Å². The van der Waals surface area contributed by atoms with Gasteiger partial charge in [-0.05, 0) is 75.9 Å². The summed E-state index contributed by atoms with van der Waals surface area (Å²) >= 11 is 10.4. The number of halogens is 2. The standard InChI is InChI=1S/C23H22BrClN8/c1-3-4-5-20-27-21-14(2)10-11-26-23(21)32(20)13-15-6-7-17(16(25)12-15)33-18(8-9-19(33)24)22-28-30-31-29-22/h6-12H,3-5,13H2,1-2H3,(H,28,29,30,31). The molecule has 0 aliphatic heterocycles. The Morgan fingerprint density at radius 1 is 1.15 bits per heavy atom. The maximum Gasteiger partial charge on any atom is 0.221 e. The first-order valence-electron chi connectivity index (χ1n) is 10.8. The molecule has 0 aliphatic rings. The normalized spacial score (nSPS) is 11.5. The topological polar surface area (TPSA) is 90.1 Å². The number of nitrogens with one attached hydrogen (secondary N) is 1. The van der Waals surface area contributed by atoms with Crippen molar-refractivity contribution in [2.75, 3.05) is 0 Å². The van der Waals surface area contributed by atoms with Gasteiger partial charge in [0.25, 0.3) is 0 Å². The number of benzene rings is 1. The van der Waals surface area contributed by atoms with Crippen molar-refractivity contribution in [3.05, 3.63) is 69.2 Å². The highest BCUT2D eigenvalue weighted by Crippen LogP contribution is 2.32. The monoisotopic (exact) mass is 524 g/mol. The average Bonchev–Trinajstić information content (AvgIpc) is 3.53. The second kappa shape index (κ2) is 9.07. The highest BCUT2D eigenvalue weighted by molar-refractivity contribution is 9.10. The molecule has 0 bridgehead atoms. The Bertz CT molecular complexity index is 1420. The number of aryl methyl sites for hydroxylation is 2. The summed E-state index contributed by atoms with van der Waals surface area (Å²) in [5.41, 5.74) is 5.70. The number of hydrogen-bond donors (Lipinski definition) is 1. The lowest BCUT2D eigenvalue weighted by Gasteiger charge is -2.14. The smallest absolute Gasteiger partial charge is 0.221 e. The fourth-order valence-electron chi connectivity index (χ4n) is 3.99. The van der Waals surface area contributed by atoms with Gasteiger partial charge in [0.1, 0.15) is 11.3 Å². The molecule has 0 saturated heterocycles. The fourth-order valence-corrected chi connectivity index (χ4v) is 4.79. The number of rotatable bonds is 7. The number of hydrogen-bond acceptors (Lipinski definition) is 5. The highest BCUT2D eigenvalue weighted by atomic mass is 79.9. The maximum atomic E-state index is 6.79. The van der Waals surface area contributed by atoms with E-state index in [2.05, 4.69) is 66.0 Å². The maximum absolute atomic E-state index is 6.79. The number of pyridine rings is 1. The van der Waals surface area contributed by atoms with Gasteiger partial charge in [-0.2, -0.15) is 5.21 Å². The minimum atomic E-state index is 0.493. The zero-order valence-electron chi connectivity index (χ0n) is 18.3. The molecule has 0 atom stereocenters. The summed E-state index contributed by atoms with van der Waals surface area (Å²) in [6.45, 7) is 4.92. The molecule has 0 saturated carbocycles. The lowest BCUT2D eigenvalue weighted by atomic mass is 10.2. The molecule has 33 heavy (non-hydrogen) atoms. The van der Waals surface area contributed by atoms with Gasteiger partial charge in [0.15, 0.2) is 5.65 Å². The van der Waals surface area contributed by atoms with E-state index in [0.29, 0.717) is 17.4 Å². The number of unbranched alkanes of at least 4 members (excludes halogenated alkanes) is 1. The van der Waals surface area contributed by atoms with Crippen LogP contribution in [0.3, 0.4) is 0 Å². The molecular weight excluding hydrogens is 504 g/mol. The van der Waals surface area contributed by atoms with E-state index < -0.39 is 0 Å². The van der Waals surface area contributed by atoms with Gasteiger partial charge in [-0.15, -0.1) is 10.2 Å². The third-order valence-electron chi connectivity index (χ3n) is 5.67. The van der Waals surface area contributed by atoms with Crippen molar-refractivity contribution in [3.8, 4) is 17.2 Å². The Morgan fingerprint density at radius 2 is 2.03 bits per heavy atom. The van der Waals surface area contributed by atoms with Crippen LogP contribution in [0.5, 0.6) is 0 Å². The van der Waals surface area contributed by atoms with Crippen LogP contribution in [0.15, 0.2) is 47.2 Å². The minimum absolute atomic E-state index is 0.493.